The van der Waals surface area contributed by atoms with Crippen molar-refractivity contribution in [3.05, 3.63) is 24.5 Å². The highest BCUT2D eigenvalue weighted by Gasteiger charge is 2.08. The summed E-state index contributed by atoms with van der Waals surface area (Å²) in [6.07, 6.45) is 3.50. The van der Waals surface area contributed by atoms with E-state index in [-0.39, 0.29) is 0 Å². The SMILES string of the molecule is CC(Nn1cccc1)C(=O)O. The fourth-order valence-corrected chi connectivity index (χ4v) is 0.699. The molecule has 0 aromatic carbocycles. The third kappa shape index (κ3) is 2.00. The van der Waals surface area contributed by atoms with E-state index in [1.165, 1.54) is 0 Å². The Hall–Kier alpha value is -1.45. The van der Waals surface area contributed by atoms with Crippen LogP contribution in [0, 0.1) is 0 Å². The van der Waals surface area contributed by atoms with Crippen LogP contribution < -0.4 is 5.43 Å². The largest absolute Gasteiger partial charge is 0.480 e. The number of nitrogens with one attached hydrogen (secondary N) is 1. The fraction of sp³-hybridized carbons (Fsp3) is 0.286. The Kier molecular flexibility index (Phi) is 2.15. The Bertz CT molecular complexity index is 231. The van der Waals surface area contributed by atoms with E-state index in [9.17, 15) is 4.79 Å². The molecule has 4 heteroatoms. The topological polar surface area (TPSA) is 54.3 Å². The first kappa shape index (κ1) is 7.65. The second-order valence-corrected chi connectivity index (χ2v) is 2.28. The van der Waals surface area contributed by atoms with Crippen molar-refractivity contribution in [3.8, 4) is 0 Å². The second kappa shape index (κ2) is 3.09. The molecule has 0 aliphatic rings. The second-order valence-electron chi connectivity index (χ2n) is 2.28. The van der Waals surface area contributed by atoms with E-state index in [0.29, 0.717) is 0 Å². The quantitative estimate of drug-likeness (QED) is 0.666. The van der Waals surface area contributed by atoms with Crippen molar-refractivity contribution in [1.82, 2.24) is 4.68 Å². The van der Waals surface area contributed by atoms with Gasteiger partial charge in [0.1, 0.15) is 6.04 Å². The Balaban J connectivity index is 2.50. The first-order valence-electron chi connectivity index (χ1n) is 3.32. The average Bonchev–Trinajstić information content (AvgIpc) is 2.39. The molecule has 1 unspecified atom stereocenters. The molecule has 4 nitrogen and oxygen atoms in total. The zero-order chi connectivity index (χ0) is 8.27. The Morgan fingerprint density at radius 1 is 1.55 bits per heavy atom. The van der Waals surface area contributed by atoms with Gasteiger partial charge in [-0.05, 0) is 19.1 Å². The number of hydrogen-bond donors (Lipinski definition) is 2. The van der Waals surface area contributed by atoms with Gasteiger partial charge >= 0.3 is 5.97 Å². The normalized spacial score (nSPS) is 12.5. The number of carboxylic acids is 1. The molecule has 1 aromatic rings. The van der Waals surface area contributed by atoms with Crippen molar-refractivity contribution in [3.63, 3.8) is 0 Å². The summed E-state index contributed by atoms with van der Waals surface area (Å²) in [5.41, 5.74) is 2.74. The summed E-state index contributed by atoms with van der Waals surface area (Å²) < 4.78 is 1.61. The van der Waals surface area contributed by atoms with Gasteiger partial charge in [0.15, 0.2) is 0 Å². The number of rotatable bonds is 3. The zero-order valence-electron chi connectivity index (χ0n) is 6.19. The van der Waals surface area contributed by atoms with Gasteiger partial charge in [0.2, 0.25) is 0 Å². The molecule has 0 amide bonds. The van der Waals surface area contributed by atoms with Crippen LogP contribution >= 0.6 is 0 Å². The molecule has 1 atom stereocenters. The van der Waals surface area contributed by atoms with Gasteiger partial charge < -0.3 is 10.5 Å². The monoisotopic (exact) mass is 154 g/mol. The summed E-state index contributed by atoms with van der Waals surface area (Å²) in [7, 11) is 0. The van der Waals surface area contributed by atoms with Crippen molar-refractivity contribution >= 4 is 5.97 Å². The molecule has 0 saturated carbocycles. The van der Waals surface area contributed by atoms with Crippen LogP contribution in [-0.2, 0) is 4.79 Å². The van der Waals surface area contributed by atoms with E-state index < -0.39 is 12.0 Å². The van der Waals surface area contributed by atoms with E-state index >= 15 is 0 Å². The summed E-state index contributed by atoms with van der Waals surface area (Å²) in [5, 5.41) is 8.50. The molecule has 1 heterocycles. The van der Waals surface area contributed by atoms with Gasteiger partial charge in [-0.3, -0.25) is 4.68 Å². The molecule has 0 bridgehead atoms. The highest BCUT2D eigenvalue weighted by Crippen LogP contribution is 1.89. The van der Waals surface area contributed by atoms with Crippen molar-refractivity contribution in [2.24, 2.45) is 0 Å². The molecule has 0 aliphatic carbocycles. The fourth-order valence-electron chi connectivity index (χ4n) is 0.699. The molecule has 1 rings (SSSR count). The number of nitrogens with zero attached hydrogens (tertiary/aromatic N) is 1. The maximum atomic E-state index is 10.3. The molecule has 0 fully saturated rings. The molecule has 0 spiro atoms. The van der Waals surface area contributed by atoms with Crippen LogP contribution in [0.5, 0.6) is 0 Å². The lowest BCUT2D eigenvalue weighted by Gasteiger charge is -2.10. The number of aliphatic carboxylic acids is 1. The molecule has 1 aromatic heterocycles. The molecular formula is C7H10N2O2. The third-order valence-electron chi connectivity index (χ3n) is 1.32. The lowest BCUT2D eigenvalue weighted by molar-refractivity contribution is -0.137. The van der Waals surface area contributed by atoms with Crippen LogP contribution in [0.1, 0.15) is 6.92 Å². The van der Waals surface area contributed by atoms with E-state index in [2.05, 4.69) is 5.43 Å². The van der Waals surface area contributed by atoms with Crippen LogP contribution in [0.15, 0.2) is 24.5 Å². The average molecular weight is 154 g/mol. The van der Waals surface area contributed by atoms with E-state index in [1.54, 1.807) is 24.0 Å². The van der Waals surface area contributed by atoms with Gasteiger partial charge in [-0.2, -0.15) is 0 Å². The summed E-state index contributed by atoms with van der Waals surface area (Å²) in [5.74, 6) is -0.862. The van der Waals surface area contributed by atoms with Crippen LogP contribution in [0.4, 0.5) is 0 Å². The first-order valence-corrected chi connectivity index (χ1v) is 3.32. The van der Waals surface area contributed by atoms with Crippen LogP contribution in [0.3, 0.4) is 0 Å². The van der Waals surface area contributed by atoms with Crippen molar-refractivity contribution < 1.29 is 9.90 Å². The van der Waals surface area contributed by atoms with Gasteiger partial charge in [0, 0.05) is 12.4 Å². The summed E-state index contributed by atoms with van der Waals surface area (Å²) in [4.78, 5) is 10.3. The standard InChI is InChI=1S/C7H10N2O2/c1-6(7(10)11)8-9-4-2-3-5-9/h2-6,8H,1H3,(H,10,11). The highest BCUT2D eigenvalue weighted by atomic mass is 16.4. The summed E-state index contributed by atoms with van der Waals surface area (Å²) in [6, 6.07) is 3.07. The maximum Gasteiger partial charge on any atom is 0.327 e. The molecular weight excluding hydrogens is 144 g/mol. The van der Waals surface area contributed by atoms with E-state index in [0.717, 1.165) is 0 Å². The Morgan fingerprint density at radius 2 is 2.09 bits per heavy atom. The molecule has 2 N–H and O–H groups in total. The summed E-state index contributed by atoms with van der Waals surface area (Å²) in [6.45, 7) is 1.59. The Labute approximate surface area is 64.4 Å². The van der Waals surface area contributed by atoms with Crippen molar-refractivity contribution in [2.45, 2.75) is 13.0 Å². The van der Waals surface area contributed by atoms with E-state index in [1.807, 2.05) is 12.1 Å². The first-order chi connectivity index (χ1) is 5.20. The smallest absolute Gasteiger partial charge is 0.327 e. The van der Waals surface area contributed by atoms with Crippen LogP contribution in [-0.4, -0.2) is 21.8 Å². The van der Waals surface area contributed by atoms with Gasteiger partial charge in [-0.15, -0.1) is 0 Å². The minimum Gasteiger partial charge on any atom is -0.480 e. The van der Waals surface area contributed by atoms with Crippen molar-refractivity contribution in [1.29, 1.82) is 0 Å². The van der Waals surface area contributed by atoms with E-state index in [4.69, 9.17) is 5.11 Å². The lowest BCUT2D eigenvalue weighted by atomic mass is 10.4. The molecule has 0 saturated heterocycles. The molecule has 0 radical (unpaired) electrons. The summed E-state index contributed by atoms with van der Waals surface area (Å²) >= 11 is 0. The van der Waals surface area contributed by atoms with Crippen LogP contribution in [0.25, 0.3) is 0 Å². The highest BCUT2D eigenvalue weighted by molar-refractivity contribution is 5.74. The van der Waals surface area contributed by atoms with Gasteiger partial charge in [0.25, 0.3) is 0 Å². The predicted octanol–water partition coefficient (Wildman–Crippen LogP) is 0.505. The molecule has 11 heavy (non-hydrogen) atoms. The minimum atomic E-state index is -0.862. The maximum absolute atomic E-state index is 10.3. The lowest BCUT2D eigenvalue weighted by Crippen LogP contribution is -2.31. The molecule has 0 aliphatic heterocycles. The number of aromatic nitrogens is 1. The van der Waals surface area contributed by atoms with Gasteiger partial charge in [-0.25, -0.2) is 4.79 Å². The Morgan fingerprint density at radius 3 is 2.55 bits per heavy atom. The number of carbonyl (C=O) groups is 1. The zero-order valence-corrected chi connectivity index (χ0v) is 6.19. The van der Waals surface area contributed by atoms with Crippen molar-refractivity contribution in [2.75, 3.05) is 5.43 Å². The van der Waals surface area contributed by atoms with Crippen LogP contribution in [0.2, 0.25) is 0 Å². The molecule has 60 valence electrons. The third-order valence-corrected chi connectivity index (χ3v) is 1.32. The van der Waals surface area contributed by atoms with Gasteiger partial charge in [-0.1, -0.05) is 0 Å². The number of carboxylic acid groups (broad SMARTS) is 1. The predicted molar refractivity (Wildman–Crippen MR) is 40.9 cm³/mol. The van der Waals surface area contributed by atoms with Gasteiger partial charge in [0.05, 0.1) is 0 Å². The number of hydrogen-bond acceptors (Lipinski definition) is 2. The minimum absolute atomic E-state index is 0.567.